The van der Waals surface area contributed by atoms with Crippen LogP contribution in [0.4, 0.5) is 0 Å². The summed E-state index contributed by atoms with van der Waals surface area (Å²) in [6.45, 7) is 4.07. The summed E-state index contributed by atoms with van der Waals surface area (Å²) in [7, 11) is 0. The highest BCUT2D eigenvalue weighted by Gasteiger charge is 2.63. The largest absolute Gasteiger partial charge is 0.373 e. The quantitative estimate of drug-likeness (QED) is 0.806. The molecule has 22 heavy (non-hydrogen) atoms. The maximum Gasteiger partial charge on any atom is 0.236 e. The SMILES string of the molecule is CC[C@@H](c1ccc(C)cc1)N1C(=O)[C@@H]2[C@H](C1=O)[C@H]1CC[C@H]2O1. The normalized spacial score (nSPS) is 34.4. The highest BCUT2D eigenvalue weighted by molar-refractivity contribution is 6.06. The number of amides is 2. The molecule has 5 atom stereocenters. The predicted octanol–water partition coefficient (Wildman–Crippen LogP) is 2.61. The Morgan fingerprint density at radius 1 is 1.09 bits per heavy atom. The molecule has 3 saturated heterocycles. The maximum atomic E-state index is 12.9. The Morgan fingerprint density at radius 3 is 2.14 bits per heavy atom. The first-order chi connectivity index (χ1) is 10.6. The van der Waals surface area contributed by atoms with Crippen LogP contribution in [0.25, 0.3) is 0 Å². The first kappa shape index (κ1) is 13.9. The van der Waals surface area contributed by atoms with Gasteiger partial charge >= 0.3 is 0 Å². The van der Waals surface area contributed by atoms with Gasteiger partial charge in [-0.05, 0) is 31.7 Å². The van der Waals surface area contributed by atoms with E-state index in [1.165, 1.54) is 10.5 Å². The van der Waals surface area contributed by atoms with Gasteiger partial charge in [-0.1, -0.05) is 36.8 Å². The first-order valence-electron chi connectivity index (χ1n) is 8.20. The van der Waals surface area contributed by atoms with E-state index in [9.17, 15) is 9.59 Å². The molecule has 0 unspecified atom stereocenters. The highest BCUT2D eigenvalue weighted by atomic mass is 16.5. The van der Waals surface area contributed by atoms with E-state index in [1.54, 1.807) is 0 Å². The molecule has 116 valence electrons. The molecule has 2 bridgehead atoms. The molecule has 1 aromatic rings. The fourth-order valence-electron chi connectivity index (χ4n) is 4.40. The first-order valence-corrected chi connectivity index (χ1v) is 8.20. The summed E-state index contributed by atoms with van der Waals surface area (Å²) in [5.74, 6) is -0.499. The third-order valence-corrected chi connectivity index (χ3v) is 5.48. The minimum atomic E-state index is -0.231. The van der Waals surface area contributed by atoms with Crippen LogP contribution in [0, 0.1) is 18.8 Å². The number of fused-ring (bicyclic) bond motifs is 5. The van der Waals surface area contributed by atoms with Crippen molar-refractivity contribution in [2.45, 2.75) is 51.4 Å². The van der Waals surface area contributed by atoms with E-state index in [2.05, 4.69) is 0 Å². The van der Waals surface area contributed by atoms with E-state index < -0.39 is 0 Å². The fraction of sp³-hybridized carbons (Fsp3) is 0.556. The van der Waals surface area contributed by atoms with Crippen LogP contribution in [0.3, 0.4) is 0 Å². The van der Waals surface area contributed by atoms with E-state index in [1.807, 2.05) is 38.1 Å². The number of likely N-dealkylation sites (tertiary alicyclic amines) is 1. The number of hydrogen-bond acceptors (Lipinski definition) is 3. The number of imide groups is 1. The Labute approximate surface area is 130 Å². The lowest BCUT2D eigenvalue weighted by molar-refractivity contribution is -0.145. The lowest BCUT2D eigenvalue weighted by atomic mass is 9.81. The van der Waals surface area contributed by atoms with Crippen molar-refractivity contribution in [3.63, 3.8) is 0 Å². The van der Waals surface area contributed by atoms with Gasteiger partial charge in [0.25, 0.3) is 0 Å². The monoisotopic (exact) mass is 299 g/mol. The second kappa shape index (κ2) is 4.92. The molecule has 4 nitrogen and oxygen atoms in total. The molecule has 1 aromatic carbocycles. The number of benzene rings is 1. The van der Waals surface area contributed by atoms with Gasteiger partial charge in [-0.2, -0.15) is 0 Å². The molecule has 3 aliphatic rings. The summed E-state index contributed by atoms with van der Waals surface area (Å²) in [5.41, 5.74) is 2.23. The minimum absolute atomic E-state index is 0.0189. The third-order valence-electron chi connectivity index (χ3n) is 5.48. The molecular formula is C18H21NO3. The molecule has 0 aromatic heterocycles. The zero-order chi connectivity index (χ0) is 15.4. The molecule has 3 heterocycles. The van der Waals surface area contributed by atoms with Crippen LogP contribution in [-0.4, -0.2) is 28.9 Å². The molecule has 4 heteroatoms. The maximum absolute atomic E-state index is 12.9. The van der Waals surface area contributed by atoms with Crippen LogP contribution >= 0.6 is 0 Å². The van der Waals surface area contributed by atoms with E-state index in [-0.39, 0.29) is 41.9 Å². The molecule has 0 N–H and O–H groups in total. The van der Waals surface area contributed by atoms with Gasteiger partial charge in [0.05, 0.1) is 30.1 Å². The van der Waals surface area contributed by atoms with Crippen molar-refractivity contribution in [2.24, 2.45) is 11.8 Å². The Kier molecular flexibility index (Phi) is 3.12. The smallest absolute Gasteiger partial charge is 0.236 e. The van der Waals surface area contributed by atoms with Crippen LogP contribution in [0.15, 0.2) is 24.3 Å². The number of ether oxygens (including phenoxy) is 1. The Morgan fingerprint density at radius 2 is 1.64 bits per heavy atom. The lowest BCUT2D eigenvalue weighted by Gasteiger charge is -2.27. The Hall–Kier alpha value is -1.68. The van der Waals surface area contributed by atoms with Crippen LogP contribution in [-0.2, 0) is 14.3 Å². The van der Waals surface area contributed by atoms with Crippen molar-refractivity contribution < 1.29 is 14.3 Å². The summed E-state index contributed by atoms with van der Waals surface area (Å²) >= 11 is 0. The van der Waals surface area contributed by atoms with Crippen molar-refractivity contribution in [3.05, 3.63) is 35.4 Å². The predicted molar refractivity (Wildman–Crippen MR) is 80.9 cm³/mol. The van der Waals surface area contributed by atoms with Crippen LogP contribution in [0.5, 0.6) is 0 Å². The standard InChI is InChI=1S/C18H21NO3/c1-3-12(11-6-4-10(2)5-7-11)19-17(20)15-13-8-9-14(22-13)16(15)18(19)21/h4-7,12-16H,3,8-9H2,1-2H3/t12-,13+,14+,15-,16+/m0/s1. The number of rotatable bonds is 3. The lowest BCUT2D eigenvalue weighted by Crippen LogP contribution is -2.37. The number of nitrogens with zero attached hydrogens (tertiary/aromatic N) is 1. The van der Waals surface area contributed by atoms with Crippen LogP contribution in [0.1, 0.15) is 43.4 Å². The molecule has 4 rings (SSSR count). The number of carbonyl (C=O) groups excluding carboxylic acids is 2. The highest BCUT2D eigenvalue weighted by Crippen LogP contribution is 2.50. The van der Waals surface area contributed by atoms with Gasteiger partial charge in [0.2, 0.25) is 11.8 Å². The molecular weight excluding hydrogens is 278 g/mol. The van der Waals surface area contributed by atoms with Gasteiger partial charge in [0, 0.05) is 0 Å². The van der Waals surface area contributed by atoms with Crippen molar-refractivity contribution in [2.75, 3.05) is 0 Å². The summed E-state index contributed by atoms with van der Waals surface area (Å²) in [6.07, 6.45) is 2.51. The summed E-state index contributed by atoms with van der Waals surface area (Å²) < 4.78 is 5.79. The topological polar surface area (TPSA) is 46.6 Å². The zero-order valence-electron chi connectivity index (χ0n) is 13.0. The van der Waals surface area contributed by atoms with Gasteiger partial charge < -0.3 is 4.74 Å². The fourth-order valence-corrected chi connectivity index (χ4v) is 4.40. The molecule has 0 saturated carbocycles. The van der Waals surface area contributed by atoms with E-state index >= 15 is 0 Å². The zero-order valence-corrected chi connectivity index (χ0v) is 13.0. The van der Waals surface area contributed by atoms with E-state index in [4.69, 9.17) is 4.74 Å². The van der Waals surface area contributed by atoms with Gasteiger partial charge in [0.15, 0.2) is 0 Å². The number of carbonyl (C=O) groups is 2. The average Bonchev–Trinajstić information content (AvgIpc) is 3.18. The van der Waals surface area contributed by atoms with Gasteiger partial charge in [0.1, 0.15) is 0 Å². The number of aryl methyl sites for hydroxylation is 1. The van der Waals surface area contributed by atoms with Crippen molar-refractivity contribution in [1.29, 1.82) is 0 Å². The van der Waals surface area contributed by atoms with Gasteiger partial charge in [-0.25, -0.2) is 0 Å². The molecule has 2 amide bonds. The summed E-state index contributed by atoms with van der Waals surface area (Å²) in [6, 6.07) is 7.99. The molecule has 0 radical (unpaired) electrons. The molecule has 3 fully saturated rings. The van der Waals surface area contributed by atoms with Crippen molar-refractivity contribution >= 4 is 11.8 Å². The average molecular weight is 299 g/mol. The van der Waals surface area contributed by atoms with Gasteiger partial charge in [-0.15, -0.1) is 0 Å². The van der Waals surface area contributed by atoms with E-state index in [0.29, 0.717) is 0 Å². The van der Waals surface area contributed by atoms with Crippen molar-refractivity contribution in [1.82, 2.24) is 4.90 Å². The van der Waals surface area contributed by atoms with E-state index in [0.717, 1.165) is 24.8 Å². The summed E-state index contributed by atoms with van der Waals surface area (Å²) in [5, 5.41) is 0. The van der Waals surface area contributed by atoms with Crippen LogP contribution < -0.4 is 0 Å². The third kappa shape index (κ3) is 1.80. The van der Waals surface area contributed by atoms with Crippen LogP contribution in [0.2, 0.25) is 0 Å². The van der Waals surface area contributed by atoms with Gasteiger partial charge in [-0.3, -0.25) is 14.5 Å². The second-order valence-electron chi connectivity index (χ2n) is 6.72. The minimum Gasteiger partial charge on any atom is -0.373 e. The Balaban J connectivity index is 1.68. The molecule has 0 aliphatic carbocycles. The number of hydrogen-bond donors (Lipinski definition) is 0. The van der Waals surface area contributed by atoms with Crippen molar-refractivity contribution in [3.8, 4) is 0 Å². The Bertz CT molecular complexity index is 596. The second-order valence-corrected chi connectivity index (χ2v) is 6.72. The molecule has 3 aliphatic heterocycles. The summed E-state index contributed by atoms with van der Waals surface area (Å²) in [4.78, 5) is 27.2. The molecule has 0 spiro atoms.